The summed E-state index contributed by atoms with van der Waals surface area (Å²) in [4.78, 5) is 5.68. The first-order valence-corrected chi connectivity index (χ1v) is 4.60. The number of hydrogen-bond donors (Lipinski definition) is 0. The van der Waals surface area contributed by atoms with E-state index in [0.717, 1.165) is 11.8 Å². The van der Waals surface area contributed by atoms with Gasteiger partial charge in [-0.3, -0.25) is 4.84 Å². The van der Waals surface area contributed by atoms with Crippen LogP contribution in [0.1, 0.15) is 25.7 Å². The van der Waals surface area contributed by atoms with Crippen LogP contribution in [0.4, 0.5) is 0 Å². The summed E-state index contributed by atoms with van der Waals surface area (Å²) in [7, 11) is 3.96. The van der Waals surface area contributed by atoms with Crippen LogP contribution >= 0.6 is 0 Å². The lowest BCUT2D eigenvalue weighted by Crippen LogP contribution is -2.27. The average Bonchev–Trinajstić information content (AvgIpc) is 2.45. The third-order valence-electron chi connectivity index (χ3n) is 3.02. The van der Waals surface area contributed by atoms with Gasteiger partial charge in [0.15, 0.2) is 0 Å². The lowest BCUT2D eigenvalue weighted by atomic mass is 9.98. The number of nitrogens with zero attached hydrogens (tertiary/aromatic N) is 1. The summed E-state index contributed by atoms with van der Waals surface area (Å²) < 4.78 is 0. The molecule has 2 aliphatic carbocycles. The monoisotopic (exact) mass is 155 g/mol. The van der Waals surface area contributed by atoms with Gasteiger partial charge in [-0.25, -0.2) is 0 Å². The van der Waals surface area contributed by atoms with Crippen LogP contribution in [0.3, 0.4) is 0 Å². The Kier molecular flexibility index (Phi) is 1.90. The van der Waals surface area contributed by atoms with Crippen molar-refractivity contribution in [3.05, 3.63) is 0 Å². The molecule has 2 nitrogen and oxygen atoms in total. The molecular formula is C9H17NO. The van der Waals surface area contributed by atoms with Gasteiger partial charge in [0.2, 0.25) is 0 Å². The van der Waals surface area contributed by atoms with Crippen LogP contribution in [0, 0.1) is 11.8 Å². The highest BCUT2D eigenvalue weighted by molar-refractivity contribution is 4.90. The molecule has 0 aliphatic heterocycles. The van der Waals surface area contributed by atoms with Crippen molar-refractivity contribution in [1.29, 1.82) is 0 Å². The minimum atomic E-state index is 0.545. The molecule has 11 heavy (non-hydrogen) atoms. The lowest BCUT2D eigenvalue weighted by molar-refractivity contribution is -0.178. The molecule has 0 heterocycles. The Balaban J connectivity index is 1.87. The summed E-state index contributed by atoms with van der Waals surface area (Å²) >= 11 is 0. The summed E-state index contributed by atoms with van der Waals surface area (Å²) in [6.07, 6.45) is 6.14. The number of rotatable bonds is 2. The third-order valence-corrected chi connectivity index (χ3v) is 3.02. The van der Waals surface area contributed by atoms with E-state index in [1.54, 1.807) is 0 Å². The second-order valence-corrected chi connectivity index (χ2v) is 4.13. The van der Waals surface area contributed by atoms with Crippen molar-refractivity contribution in [3.8, 4) is 0 Å². The van der Waals surface area contributed by atoms with Crippen LogP contribution in [0.15, 0.2) is 0 Å². The Morgan fingerprint density at radius 1 is 1.18 bits per heavy atom. The van der Waals surface area contributed by atoms with E-state index in [1.807, 2.05) is 19.2 Å². The second kappa shape index (κ2) is 2.76. The molecule has 0 saturated heterocycles. The SMILES string of the molecule is CN(C)O[C@@H]1C[C@H]2CC[C@@H]1C2. The van der Waals surface area contributed by atoms with E-state index in [9.17, 15) is 0 Å². The zero-order valence-electron chi connectivity index (χ0n) is 7.42. The lowest BCUT2D eigenvalue weighted by Gasteiger charge is -2.24. The molecule has 2 rings (SSSR count). The topological polar surface area (TPSA) is 12.5 Å². The normalized spacial score (nSPS) is 42.3. The molecule has 0 aromatic carbocycles. The average molecular weight is 155 g/mol. The Labute approximate surface area is 68.5 Å². The van der Waals surface area contributed by atoms with E-state index in [4.69, 9.17) is 4.84 Å². The van der Waals surface area contributed by atoms with Crippen molar-refractivity contribution in [3.63, 3.8) is 0 Å². The summed E-state index contributed by atoms with van der Waals surface area (Å²) in [5.74, 6) is 1.87. The molecular weight excluding hydrogens is 138 g/mol. The van der Waals surface area contributed by atoms with Gasteiger partial charge in [0.05, 0.1) is 6.10 Å². The van der Waals surface area contributed by atoms with Crippen LogP contribution in [0.25, 0.3) is 0 Å². The first-order valence-electron chi connectivity index (χ1n) is 4.60. The number of hydrogen-bond acceptors (Lipinski definition) is 2. The summed E-state index contributed by atoms with van der Waals surface area (Å²) in [5, 5.41) is 1.85. The van der Waals surface area contributed by atoms with E-state index < -0.39 is 0 Å². The largest absolute Gasteiger partial charge is 0.296 e. The fourth-order valence-electron chi connectivity index (χ4n) is 2.59. The predicted octanol–water partition coefficient (Wildman–Crippen LogP) is 1.67. The molecule has 0 spiro atoms. The Hall–Kier alpha value is -0.0800. The van der Waals surface area contributed by atoms with Gasteiger partial charge in [0.25, 0.3) is 0 Å². The molecule has 2 aliphatic rings. The predicted molar refractivity (Wildman–Crippen MR) is 44.0 cm³/mol. The molecule has 0 N–H and O–H groups in total. The van der Waals surface area contributed by atoms with Crippen LogP contribution in [0.2, 0.25) is 0 Å². The van der Waals surface area contributed by atoms with Crippen LogP contribution in [-0.4, -0.2) is 25.3 Å². The summed E-state index contributed by atoms with van der Waals surface area (Å²) in [6.45, 7) is 0. The Bertz CT molecular complexity index is 146. The fourth-order valence-corrected chi connectivity index (χ4v) is 2.59. The molecule has 3 atom stereocenters. The van der Waals surface area contributed by atoms with Crippen molar-refractivity contribution in [2.75, 3.05) is 14.1 Å². The van der Waals surface area contributed by atoms with E-state index in [-0.39, 0.29) is 0 Å². The van der Waals surface area contributed by atoms with Gasteiger partial charge in [0, 0.05) is 14.1 Å². The van der Waals surface area contributed by atoms with Gasteiger partial charge < -0.3 is 0 Å². The van der Waals surface area contributed by atoms with Crippen molar-refractivity contribution in [2.24, 2.45) is 11.8 Å². The maximum absolute atomic E-state index is 5.68. The zero-order valence-corrected chi connectivity index (χ0v) is 7.42. The van der Waals surface area contributed by atoms with Crippen LogP contribution in [-0.2, 0) is 4.84 Å². The highest BCUT2D eigenvalue weighted by atomic mass is 16.7. The summed E-state index contributed by atoms with van der Waals surface area (Å²) in [6, 6.07) is 0. The van der Waals surface area contributed by atoms with Gasteiger partial charge in [-0.1, -0.05) is 0 Å². The van der Waals surface area contributed by atoms with E-state index in [1.165, 1.54) is 25.7 Å². The van der Waals surface area contributed by atoms with Gasteiger partial charge >= 0.3 is 0 Å². The van der Waals surface area contributed by atoms with Gasteiger partial charge in [-0.05, 0) is 37.5 Å². The van der Waals surface area contributed by atoms with E-state index in [0.29, 0.717) is 6.10 Å². The maximum atomic E-state index is 5.68. The Morgan fingerprint density at radius 3 is 2.45 bits per heavy atom. The molecule has 2 bridgehead atoms. The minimum absolute atomic E-state index is 0.545. The molecule has 2 saturated carbocycles. The van der Waals surface area contributed by atoms with Gasteiger partial charge in [-0.15, -0.1) is 0 Å². The first-order chi connectivity index (χ1) is 5.25. The van der Waals surface area contributed by atoms with Crippen molar-refractivity contribution >= 4 is 0 Å². The highest BCUT2D eigenvalue weighted by Gasteiger charge is 2.40. The van der Waals surface area contributed by atoms with Crippen LogP contribution < -0.4 is 0 Å². The molecule has 64 valence electrons. The van der Waals surface area contributed by atoms with Gasteiger partial charge in [-0.2, -0.15) is 5.06 Å². The first kappa shape index (κ1) is 7.56. The molecule has 0 aromatic rings. The quantitative estimate of drug-likeness (QED) is 0.562. The molecule has 0 unspecified atom stereocenters. The minimum Gasteiger partial charge on any atom is -0.296 e. The van der Waals surface area contributed by atoms with E-state index in [2.05, 4.69) is 0 Å². The zero-order chi connectivity index (χ0) is 7.84. The summed E-state index contributed by atoms with van der Waals surface area (Å²) in [5.41, 5.74) is 0. The maximum Gasteiger partial charge on any atom is 0.0823 e. The Morgan fingerprint density at radius 2 is 2.00 bits per heavy atom. The highest BCUT2D eigenvalue weighted by Crippen LogP contribution is 2.45. The number of hydroxylamine groups is 2. The fraction of sp³-hybridized carbons (Fsp3) is 1.00. The molecule has 2 heteroatoms. The van der Waals surface area contributed by atoms with Crippen LogP contribution in [0.5, 0.6) is 0 Å². The van der Waals surface area contributed by atoms with E-state index >= 15 is 0 Å². The number of fused-ring (bicyclic) bond motifs is 2. The van der Waals surface area contributed by atoms with Crippen molar-refractivity contribution in [1.82, 2.24) is 5.06 Å². The standard InChI is InChI=1S/C9H17NO/c1-10(2)11-9-6-7-3-4-8(9)5-7/h7-9H,3-6H2,1-2H3/t7-,8+,9+/m0/s1. The van der Waals surface area contributed by atoms with Gasteiger partial charge in [0.1, 0.15) is 0 Å². The second-order valence-electron chi connectivity index (χ2n) is 4.13. The smallest absolute Gasteiger partial charge is 0.0823 e. The van der Waals surface area contributed by atoms with Crippen molar-refractivity contribution < 1.29 is 4.84 Å². The molecule has 0 aromatic heterocycles. The molecule has 0 amide bonds. The molecule has 0 radical (unpaired) electrons. The third kappa shape index (κ3) is 1.42. The molecule has 2 fully saturated rings. The van der Waals surface area contributed by atoms with Crippen molar-refractivity contribution in [2.45, 2.75) is 31.8 Å².